The fourth-order valence-corrected chi connectivity index (χ4v) is 1.15. The maximum absolute atomic E-state index is 11.4. The van der Waals surface area contributed by atoms with Crippen LogP contribution in [-0.4, -0.2) is 33.0 Å². The van der Waals surface area contributed by atoms with E-state index in [1.807, 2.05) is 4.98 Å². The molecule has 0 fully saturated rings. The van der Waals surface area contributed by atoms with E-state index in [0.29, 0.717) is 0 Å². The Bertz CT molecular complexity index is 533. The van der Waals surface area contributed by atoms with Gasteiger partial charge in [0, 0.05) is 6.20 Å². The standard InChI is InChI=1S/C9H11N3O4/c1-9(4-13,5-14)12-3-6(2-10)7(15)11-8(12)16/h3,13-14H,4-5H2,1H3,(H,11,15,16). The van der Waals surface area contributed by atoms with Crippen LogP contribution in [0.4, 0.5) is 0 Å². The van der Waals surface area contributed by atoms with Crippen molar-refractivity contribution in [2.75, 3.05) is 13.2 Å². The van der Waals surface area contributed by atoms with Crippen LogP contribution in [0.3, 0.4) is 0 Å². The van der Waals surface area contributed by atoms with Crippen molar-refractivity contribution >= 4 is 0 Å². The molecule has 0 radical (unpaired) electrons. The second-order valence-corrected chi connectivity index (χ2v) is 3.60. The van der Waals surface area contributed by atoms with Gasteiger partial charge in [0.1, 0.15) is 11.6 Å². The highest BCUT2D eigenvalue weighted by Gasteiger charge is 2.26. The highest BCUT2D eigenvalue weighted by atomic mass is 16.3. The maximum atomic E-state index is 11.4. The van der Waals surface area contributed by atoms with Gasteiger partial charge in [0.15, 0.2) is 0 Å². The number of aliphatic hydroxyl groups excluding tert-OH is 2. The van der Waals surface area contributed by atoms with Crippen LogP contribution in [0, 0.1) is 11.3 Å². The van der Waals surface area contributed by atoms with Crippen molar-refractivity contribution in [3.8, 4) is 6.07 Å². The molecule has 0 amide bonds. The summed E-state index contributed by atoms with van der Waals surface area (Å²) >= 11 is 0. The summed E-state index contributed by atoms with van der Waals surface area (Å²) < 4.78 is 0.937. The lowest BCUT2D eigenvalue weighted by atomic mass is 10.1. The Morgan fingerprint density at radius 3 is 2.50 bits per heavy atom. The summed E-state index contributed by atoms with van der Waals surface area (Å²) in [5.41, 5.74) is -3.09. The van der Waals surface area contributed by atoms with Crippen LogP contribution in [0.1, 0.15) is 12.5 Å². The van der Waals surface area contributed by atoms with Crippen LogP contribution in [0.15, 0.2) is 15.8 Å². The van der Waals surface area contributed by atoms with Gasteiger partial charge in [0.2, 0.25) is 0 Å². The summed E-state index contributed by atoms with van der Waals surface area (Å²) in [4.78, 5) is 24.5. The lowest BCUT2D eigenvalue weighted by Gasteiger charge is -2.26. The second-order valence-electron chi connectivity index (χ2n) is 3.60. The number of nitrogens with one attached hydrogen (secondary N) is 1. The third-order valence-corrected chi connectivity index (χ3v) is 2.33. The molecule has 86 valence electrons. The SMILES string of the molecule is CC(CO)(CO)n1cc(C#N)c(=O)[nH]c1=O. The van der Waals surface area contributed by atoms with E-state index in [1.165, 1.54) is 6.92 Å². The molecular formula is C9H11N3O4. The highest BCUT2D eigenvalue weighted by molar-refractivity contribution is 5.22. The first-order chi connectivity index (χ1) is 7.48. The molecule has 0 aliphatic rings. The third kappa shape index (κ3) is 1.88. The number of rotatable bonds is 3. The Labute approximate surface area is 90.2 Å². The van der Waals surface area contributed by atoms with Gasteiger partial charge in [0.05, 0.1) is 18.8 Å². The lowest BCUT2D eigenvalue weighted by Crippen LogP contribution is -2.47. The number of hydrogen-bond donors (Lipinski definition) is 3. The average Bonchev–Trinajstić information content (AvgIpc) is 2.28. The van der Waals surface area contributed by atoms with E-state index in [1.54, 1.807) is 6.07 Å². The summed E-state index contributed by atoms with van der Waals surface area (Å²) in [6, 6.07) is 1.62. The van der Waals surface area contributed by atoms with E-state index in [4.69, 9.17) is 15.5 Å². The lowest BCUT2D eigenvalue weighted by molar-refractivity contribution is 0.0738. The first kappa shape index (κ1) is 12.2. The van der Waals surface area contributed by atoms with Crippen molar-refractivity contribution in [1.82, 2.24) is 9.55 Å². The largest absolute Gasteiger partial charge is 0.394 e. The van der Waals surface area contributed by atoms with Crippen molar-refractivity contribution in [3.63, 3.8) is 0 Å². The smallest absolute Gasteiger partial charge is 0.329 e. The van der Waals surface area contributed by atoms with Gasteiger partial charge in [-0.05, 0) is 6.92 Å². The van der Waals surface area contributed by atoms with Gasteiger partial charge in [-0.3, -0.25) is 14.3 Å². The molecule has 16 heavy (non-hydrogen) atoms. The fourth-order valence-electron chi connectivity index (χ4n) is 1.15. The highest BCUT2D eigenvalue weighted by Crippen LogP contribution is 2.10. The predicted molar refractivity (Wildman–Crippen MR) is 53.9 cm³/mol. The van der Waals surface area contributed by atoms with E-state index < -0.39 is 30.0 Å². The van der Waals surface area contributed by atoms with Crippen LogP contribution >= 0.6 is 0 Å². The summed E-state index contributed by atoms with van der Waals surface area (Å²) in [7, 11) is 0. The minimum absolute atomic E-state index is 0.257. The second kappa shape index (κ2) is 4.30. The van der Waals surface area contributed by atoms with Crippen molar-refractivity contribution in [1.29, 1.82) is 5.26 Å². The molecule has 0 spiro atoms. The van der Waals surface area contributed by atoms with Gasteiger partial charge in [-0.25, -0.2) is 4.79 Å². The summed E-state index contributed by atoms with van der Waals surface area (Å²) in [6.45, 7) is 0.425. The molecule has 0 saturated carbocycles. The Morgan fingerprint density at radius 1 is 1.50 bits per heavy atom. The molecule has 7 nitrogen and oxygen atoms in total. The molecule has 0 saturated heterocycles. The molecular weight excluding hydrogens is 214 g/mol. The van der Waals surface area contributed by atoms with Crippen molar-refractivity contribution in [2.45, 2.75) is 12.5 Å². The monoisotopic (exact) mass is 225 g/mol. The average molecular weight is 225 g/mol. The van der Waals surface area contributed by atoms with Gasteiger partial charge in [-0.2, -0.15) is 5.26 Å². The normalized spacial score (nSPS) is 11.1. The van der Waals surface area contributed by atoms with E-state index in [9.17, 15) is 9.59 Å². The minimum atomic E-state index is -1.26. The van der Waals surface area contributed by atoms with E-state index in [0.717, 1.165) is 10.8 Å². The molecule has 0 aliphatic carbocycles. The number of nitriles is 1. The van der Waals surface area contributed by atoms with Gasteiger partial charge >= 0.3 is 5.69 Å². The molecule has 1 rings (SSSR count). The molecule has 1 heterocycles. The molecule has 0 unspecified atom stereocenters. The topological polar surface area (TPSA) is 119 Å². The predicted octanol–water partition coefficient (Wildman–Crippen LogP) is -1.89. The molecule has 7 heteroatoms. The molecule has 0 aliphatic heterocycles. The quantitative estimate of drug-likeness (QED) is 0.555. The van der Waals surface area contributed by atoms with Gasteiger partial charge < -0.3 is 10.2 Å². The molecule has 0 bridgehead atoms. The number of H-pyrrole nitrogens is 1. The molecule has 1 aromatic rings. The summed E-state index contributed by atoms with van der Waals surface area (Å²) in [5, 5.41) is 26.8. The van der Waals surface area contributed by atoms with Crippen molar-refractivity contribution in [2.24, 2.45) is 0 Å². The van der Waals surface area contributed by atoms with Crippen LogP contribution in [0.5, 0.6) is 0 Å². The Hall–Kier alpha value is -1.91. The number of hydrogen-bond acceptors (Lipinski definition) is 5. The number of aromatic amines is 1. The van der Waals surface area contributed by atoms with Gasteiger partial charge in [-0.1, -0.05) is 0 Å². The molecule has 1 aromatic heterocycles. The zero-order valence-electron chi connectivity index (χ0n) is 8.60. The van der Waals surface area contributed by atoms with E-state index in [2.05, 4.69) is 0 Å². The van der Waals surface area contributed by atoms with E-state index in [-0.39, 0.29) is 5.56 Å². The van der Waals surface area contributed by atoms with Gasteiger partial charge in [-0.15, -0.1) is 0 Å². The fraction of sp³-hybridized carbons (Fsp3) is 0.444. The first-order valence-corrected chi connectivity index (χ1v) is 4.47. The van der Waals surface area contributed by atoms with Crippen molar-refractivity contribution < 1.29 is 10.2 Å². The molecule has 0 aromatic carbocycles. The van der Waals surface area contributed by atoms with Crippen LogP contribution in [0.2, 0.25) is 0 Å². The molecule has 0 atom stereocenters. The van der Waals surface area contributed by atoms with Crippen LogP contribution in [-0.2, 0) is 5.54 Å². The number of aromatic nitrogens is 2. The van der Waals surface area contributed by atoms with E-state index >= 15 is 0 Å². The summed E-state index contributed by atoms with van der Waals surface area (Å²) in [6.07, 6.45) is 1.02. The van der Waals surface area contributed by atoms with Crippen LogP contribution in [0.25, 0.3) is 0 Å². The summed E-state index contributed by atoms with van der Waals surface area (Å²) in [5.74, 6) is 0. The Balaban J connectivity index is 3.53. The molecule has 3 N–H and O–H groups in total. The van der Waals surface area contributed by atoms with Crippen LogP contribution < -0.4 is 11.2 Å². The number of nitrogens with zero attached hydrogens (tertiary/aromatic N) is 2. The zero-order chi connectivity index (χ0) is 12.3. The minimum Gasteiger partial charge on any atom is -0.394 e. The first-order valence-electron chi connectivity index (χ1n) is 4.47. The Morgan fingerprint density at radius 2 is 2.06 bits per heavy atom. The van der Waals surface area contributed by atoms with Gasteiger partial charge in [0.25, 0.3) is 5.56 Å². The maximum Gasteiger partial charge on any atom is 0.329 e. The number of aliphatic hydroxyl groups is 2. The zero-order valence-corrected chi connectivity index (χ0v) is 8.60. The Kier molecular flexibility index (Phi) is 3.27. The van der Waals surface area contributed by atoms with Crippen molar-refractivity contribution in [3.05, 3.63) is 32.6 Å². The third-order valence-electron chi connectivity index (χ3n) is 2.33.